The molecule has 5 nitrogen and oxygen atoms in total. The molecule has 2 rings (SSSR count). The van der Waals surface area contributed by atoms with Crippen molar-refractivity contribution in [2.75, 3.05) is 13.7 Å². The van der Waals surface area contributed by atoms with Crippen LogP contribution in [0.4, 0.5) is 0 Å². The van der Waals surface area contributed by atoms with Crippen LogP contribution in [-0.4, -0.2) is 31.6 Å². The molecule has 18 heavy (non-hydrogen) atoms. The highest BCUT2D eigenvalue weighted by molar-refractivity contribution is 5.92. The van der Waals surface area contributed by atoms with Crippen molar-refractivity contribution < 1.29 is 19.1 Å². The van der Waals surface area contributed by atoms with Crippen LogP contribution in [0.15, 0.2) is 24.3 Å². The highest BCUT2D eigenvalue weighted by Crippen LogP contribution is 2.20. The molecule has 0 bridgehead atoms. The number of carbonyl (C=O) groups is 2. The fourth-order valence-corrected chi connectivity index (χ4v) is 1.51. The van der Waals surface area contributed by atoms with E-state index in [9.17, 15) is 9.59 Å². The van der Waals surface area contributed by atoms with Crippen LogP contribution in [0, 0.1) is 0 Å². The second-order valence-electron chi connectivity index (χ2n) is 4.12. The van der Waals surface area contributed by atoms with Gasteiger partial charge in [0, 0.05) is 6.04 Å². The zero-order chi connectivity index (χ0) is 13.0. The number of amides is 1. The number of benzene rings is 1. The number of para-hydroxylation sites is 1. The maximum absolute atomic E-state index is 11.5. The molecule has 1 aromatic rings. The predicted octanol–water partition coefficient (Wildman–Crippen LogP) is 1.13. The summed E-state index contributed by atoms with van der Waals surface area (Å²) in [4.78, 5) is 22.9. The van der Waals surface area contributed by atoms with Crippen molar-refractivity contribution in [2.45, 2.75) is 18.9 Å². The van der Waals surface area contributed by atoms with Crippen LogP contribution < -0.4 is 10.1 Å². The zero-order valence-corrected chi connectivity index (χ0v) is 10.1. The van der Waals surface area contributed by atoms with Gasteiger partial charge in [0.25, 0.3) is 5.91 Å². The highest BCUT2D eigenvalue weighted by Gasteiger charge is 2.23. The molecule has 0 atom stereocenters. The summed E-state index contributed by atoms with van der Waals surface area (Å²) in [7, 11) is 1.30. The van der Waals surface area contributed by atoms with Crippen LogP contribution >= 0.6 is 0 Å². The molecule has 96 valence electrons. The second kappa shape index (κ2) is 5.53. The van der Waals surface area contributed by atoms with E-state index >= 15 is 0 Å². The standard InChI is InChI=1S/C13H15NO4/c1-17-13(16)10-4-2-3-5-11(10)18-8-12(15)14-9-6-7-9/h2-5,9H,6-8H2,1H3,(H,14,15). The summed E-state index contributed by atoms with van der Waals surface area (Å²) in [5.74, 6) is -0.291. The van der Waals surface area contributed by atoms with E-state index in [2.05, 4.69) is 10.1 Å². The lowest BCUT2D eigenvalue weighted by molar-refractivity contribution is -0.123. The van der Waals surface area contributed by atoms with Gasteiger partial charge in [0.15, 0.2) is 6.61 Å². The summed E-state index contributed by atoms with van der Waals surface area (Å²) in [5.41, 5.74) is 0.319. The lowest BCUT2D eigenvalue weighted by atomic mass is 10.2. The third-order valence-corrected chi connectivity index (χ3v) is 2.59. The number of methoxy groups -OCH3 is 1. The summed E-state index contributed by atoms with van der Waals surface area (Å²) in [6, 6.07) is 6.98. The maximum Gasteiger partial charge on any atom is 0.341 e. The molecular weight excluding hydrogens is 234 g/mol. The number of hydrogen-bond acceptors (Lipinski definition) is 4. The van der Waals surface area contributed by atoms with Gasteiger partial charge in [0.05, 0.1) is 7.11 Å². The van der Waals surface area contributed by atoms with Crippen LogP contribution in [0.25, 0.3) is 0 Å². The minimum absolute atomic E-state index is 0.0928. The van der Waals surface area contributed by atoms with Gasteiger partial charge < -0.3 is 14.8 Å². The molecule has 1 fully saturated rings. The molecule has 5 heteroatoms. The fourth-order valence-electron chi connectivity index (χ4n) is 1.51. The van der Waals surface area contributed by atoms with E-state index in [0.29, 0.717) is 17.4 Å². The summed E-state index contributed by atoms with van der Waals surface area (Å²) in [6.45, 7) is -0.0928. The smallest absolute Gasteiger partial charge is 0.341 e. The zero-order valence-electron chi connectivity index (χ0n) is 10.1. The lowest BCUT2D eigenvalue weighted by Gasteiger charge is -2.09. The number of hydrogen-bond donors (Lipinski definition) is 1. The summed E-state index contributed by atoms with van der Waals surface area (Å²) >= 11 is 0. The average molecular weight is 249 g/mol. The Hall–Kier alpha value is -2.04. The molecule has 1 aromatic carbocycles. The van der Waals surface area contributed by atoms with Crippen molar-refractivity contribution in [3.63, 3.8) is 0 Å². The first kappa shape index (κ1) is 12.4. The van der Waals surface area contributed by atoms with Crippen LogP contribution in [0.2, 0.25) is 0 Å². The SMILES string of the molecule is COC(=O)c1ccccc1OCC(=O)NC1CC1. The molecule has 0 heterocycles. The Kier molecular flexibility index (Phi) is 3.82. The van der Waals surface area contributed by atoms with Gasteiger partial charge in [0.1, 0.15) is 11.3 Å². The van der Waals surface area contributed by atoms with Gasteiger partial charge in [0.2, 0.25) is 0 Å². The Balaban J connectivity index is 1.95. The quantitative estimate of drug-likeness (QED) is 0.794. The first-order valence-electron chi connectivity index (χ1n) is 5.80. The summed E-state index contributed by atoms with van der Waals surface area (Å²) in [5, 5.41) is 2.81. The number of rotatable bonds is 5. The number of carbonyl (C=O) groups excluding carboxylic acids is 2. The van der Waals surface area contributed by atoms with Crippen LogP contribution in [0.5, 0.6) is 5.75 Å². The number of esters is 1. The summed E-state index contributed by atoms with van der Waals surface area (Å²) < 4.78 is 9.98. The normalized spacial score (nSPS) is 13.8. The molecule has 1 saturated carbocycles. The van der Waals surface area contributed by atoms with E-state index in [-0.39, 0.29) is 12.5 Å². The topological polar surface area (TPSA) is 64.6 Å². The minimum Gasteiger partial charge on any atom is -0.483 e. The first-order valence-corrected chi connectivity index (χ1v) is 5.80. The van der Waals surface area contributed by atoms with Crippen LogP contribution in [-0.2, 0) is 9.53 Å². The van der Waals surface area contributed by atoms with Gasteiger partial charge >= 0.3 is 5.97 Å². The van der Waals surface area contributed by atoms with Crippen LogP contribution in [0.3, 0.4) is 0 Å². The Labute approximate surface area is 105 Å². The Morgan fingerprint density at radius 2 is 2.06 bits per heavy atom. The Bertz CT molecular complexity index is 454. The fraction of sp³-hybridized carbons (Fsp3) is 0.385. The van der Waals surface area contributed by atoms with E-state index in [1.165, 1.54) is 7.11 Å². The van der Waals surface area contributed by atoms with E-state index in [0.717, 1.165) is 12.8 Å². The molecule has 0 spiro atoms. The molecular formula is C13H15NO4. The predicted molar refractivity (Wildman–Crippen MR) is 64.4 cm³/mol. The molecule has 1 N–H and O–H groups in total. The second-order valence-corrected chi connectivity index (χ2v) is 4.12. The third-order valence-electron chi connectivity index (χ3n) is 2.59. The number of nitrogens with one attached hydrogen (secondary N) is 1. The molecule has 0 aliphatic heterocycles. The summed E-state index contributed by atoms with van der Waals surface area (Å²) in [6.07, 6.45) is 2.06. The van der Waals surface area contributed by atoms with E-state index in [4.69, 9.17) is 4.74 Å². The molecule has 1 aliphatic rings. The van der Waals surface area contributed by atoms with Crippen LogP contribution in [0.1, 0.15) is 23.2 Å². The maximum atomic E-state index is 11.5. The van der Waals surface area contributed by atoms with Gasteiger partial charge in [-0.3, -0.25) is 4.79 Å². The minimum atomic E-state index is -0.479. The van der Waals surface area contributed by atoms with Crippen molar-refractivity contribution in [1.82, 2.24) is 5.32 Å². The van der Waals surface area contributed by atoms with Crippen molar-refractivity contribution in [3.05, 3.63) is 29.8 Å². The van der Waals surface area contributed by atoms with Gasteiger partial charge in [-0.1, -0.05) is 12.1 Å². The van der Waals surface area contributed by atoms with Crippen molar-refractivity contribution in [2.24, 2.45) is 0 Å². The molecule has 0 unspecified atom stereocenters. The molecule has 0 saturated heterocycles. The van der Waals surface area contributed by atoms with Gasteiger partial charge in [-0.05, 0) is 25.0 Å². The van der Waals surface area contributed by atoms with Crippen molar-refractivity contribution in [1.29, 1.82) is 0 Å². The number of ether oxygens (including phenoxy) is 2. The van der Waals surface area contributed by atoms with Gasteiger partial charge in [-0.15, -0.1) is 0 Å². The lowest BCUT2D eigenvalue weighted by Crippen LogP contribution is -2.30. The largest absolute Gasteiger partial charge is 0.483 e. The first-order chi connectivity index (χ1) is 8.70. The average Bonchev–Trinajstić information content (AvgIpc) is 3.19. The molecule has 0 radical (unpaired) electrons. The Morgan fingerprint density at radius 3 is 2.72 bits per heavy atom. The third kappa shape index (κ3) is 3.23. The van der Waals surface area contributed by atoms with Crippen molar-refractivity contribution in [3.8, 4) is 5.75 Å². The van der Waals surface area contributed by atoms with E-state index in [1.54, 1.807) is 24.3 Å². The monoisotopic (exact) mass is 249 g/mol. The Morgan fingerprint density at radius 1 is 1.33 bits per heavy atom. The van der Waals surface area contributed by atoms with E-state index in [1.807, 2.05) is 0 Å². The molecule has 1 aliphatic carbocycles. The molecule has 0 aromatic heterocycles. The van der Waals surface area contributed by atoms with E-state index < -0.39 is 5.97 Å². The van der Waals surface area contributed by atoms with Gasteiger partial charge in [-0.25, -0.2) is 4.79 Å². The highest BCUT2D eigenvalue weighted by atomic mass is 16.5. The van der Waals surface area contributed by atoms with Crippen molar-refractivity contribution >= 4 is 11.9 Å². The van der Waals surface area contributed by atoms with Gasteiger partial charge in [-0.2, -0.15) is 0 Å². The molecule has 1 amide bonds.